The molecule has 0 radical (unpaired) electrons. The van der Waals surface area contributed by atoms with Crippen LogP contribution in [0.4, 0.5) is 0 Å². The van der Waals surface area contributed by atoms with E-state index >= 15 is 0 Å². The van der Waals surface area contributed by atoms with Crippen molar-refractivity contribution < 1.29 is 19.7 Å². The van der Waals surface area contributed by atoms with Crippen molar-refractivity contribution in [3.63, 3.8) is 0 Å². The number of carboxylic acid groups (broad SMARTS) is 1. The lowest BCUT2D eigenvalue weighted by Gasteiger charge is -2.09. The van der Waals surface area contributed by atoms with Crippen LogP contribution in [0.5, 0.6) is 5.75 Å². The topological polar surface area (TPSA) is 66.8 Å². The van der Waals surface area contributed by atoms with Gasteiger partial charge < -0.3 is 14.9 Å². The highest BCUT2D eigenvalue weighted by Crippen LogP contribution is 2.13. The number of aliphatic carboxylic acids is 1. The van der Waals surface area contributed by atoms with Gasteiger partial charge in [-0.1, -0.05) is 12.1 Å². The maximum atomic E-state index is 10.6. The molecule has 0 aromatic heterocycles. The Balaban J connectivity index is 2.72. The first-order valence-corrected chi connectivity index (χ1v) is 4.17. The summed E-state index contributed by atoms with van der Waals surface area (Å²) in [7, 11) is 1.35. The smallest absolute Gasteiger partial charge is 0.333 e. The van der Waals surface area contributed by atoms with Gasteiger partial charge in [-0.25, -0.2) is 4.79 Å². The molecule has 1 atom stereocenters. The standard InChI is InChI=1S/C10H12O4/c1-14-9(10(12)13)6-7-3-2-4-8(11)5-7/h2-5,9,11H,6H2,1H3,(H,12,13). The fourth-order valence-electron chi connectivity index (χ4n) is 1.17. The second-order valence-electron chi connectivity index (χ2n) is 2.94. The number of hydrogen-bond acceptors (Lipinski definition) is 3. The molecule has 4 nitrogen and oxygen atoms in total. The molecule has 0 saturated heterocycles. The summed E-state index contributed by atoms with van der Waals surface area (Å²) in [5.74, 6) is -0.876. The van der Waals surface area contributed by atoms with E-state index in [0.717, 1.165) is 5.56 Å². The number of carbonyl (C=O) groups is 1. The summed E-state index contributed by atoms with van der Waals surface area (Å²) in [6.07, 6.45) is -0.614. The van der Waals surface area contributed by atoms with Crippen LogP contribution in [0, 0.1) is 0 Å². The summed E-state index contributed by atoms with van der Waals surface area (Å²) in [4.78, 5) is 10.6. The molecule has 1 aromatic carbocycles. The number of aromatic hydroxyl groups is 1. The van der Waals surface area contributed by atoms with E-state index in [1.54, 1.807) is 12.1 Å². The third kappa shape index (κ3) is 2.74. The van der Waals surface area contributed by atoms with Gasteiger partial charge in [0.15, 0.2) is 6.10 Å². The van der Waals surface area contributed by atoms with Crippen LogP contribution in [0.25, 0.3) is 0 Å². The fraction of sp³-hybridized carbons (Fsp3) is 0.300. The fourth-order valence-corrected chi connectivity index (χ4v) is 1.17. The molecule has 0 amide bonds. The van der Waals surface area contributed by atoms with Crippen molar-refractivity contribution in [3.05, 3.63) is 29.8 Å². The van der Waals surface area contributed by atoms with Gasteiger partial charge in [-0.2, -0.15) is 0 Å². The molecule has 1 rings (SSSR count). The molecule has 1 aromatic rings. The van der Waals surface area contributed by atoms with Crippen LogP contribution < -0.4 is 0 Å². The lowest BCUT2D eigenvalue weighted by molar-refractivity contribution is -0.148. The molecular formula is C10H12O4. The summed E-state index contributed by atoms with van der Waals surface area (Å²) >= 11 is 0. The average Bonchev–Trinajstić information content (AvgIpc) is 2.14. The first kappa shape index (κ1) is 10.5. The van der Waals surface area contributed by atoms with Gasteiger partial charge in [-0.15, -0.1) is 0 Å². The molecule has 0 aliphatic carbocycles. The molecule has 1 unspecified atom stereocenters. The predicted octanol–water partition coefficient (Wildman–Crippen LogP) is 1.03. The molecule has 0 saturated carbocycles. The Morgan fingerprint density at radius 2 is 2.29 bits per heavy atom. The van der Waals surface area contributed by atoms with Crippen LogP contribution in [0.2, 0.25) is 0 Å². The summed E-state index contributed by atoms with van der Waals surface area (Å²) in [5.41, 5.74) is 0.735. The number of hydrogen-bond donors (Lipinski definition) is 2. The normalized spacial score (nSPS) is 12.4. The highest BCUT2D eigenvalue weighted by atomic mass is 16.5. The summed E-state index contributed by atoms with van der Waals surface area (Å²) in [6, 6.07) is 6.47. The van der Waals surface area contributed by atoms with Crippen LogP contribution in [0.3, 0.4) is 0 Å². The SMILES string of the molecule is COC(Cc1cccc(O)c1)C(=O)O. The predicted molar refractivity (Wildman–Crippen MR) is 50.2 cm³/mol. The Labute approximate surface area is 81.8 Å². The van der Waals surface area contributed by atoms with Crippen LogP contribution >= 0.6 is 0 Å². The highest BCUT2D eigenvalue weighted by molar-refractivity contribution is 5.72. The number of benzene rings is 1. The number of methoxy groups -OCH3 is 1. The Morgan fingerprint density at radius 1 is 1.57 bits per heavy atom. The van der Waals surface area contributed by atoms with Gasteiger partial charge >= 0.3 is 5.97 Å². The highest BCUT2D eigenvalue weighted by Gasteiger charge is 2.16. The second kappa shape index (κ2) is 4.62. The van der Waals surface area contributed by atoms with E-state index in [0.29, 0.717) is 0 Å². The van der Waals surface area contributed by atoms with Gasteiger partial charge in [0.25, 0.3) is 0 Å². The van der Waals surface area contributed by atoms with E-state index in [4.69, 9.17) is 14.9 Å². The van der Waals surface area contributed by atoms with Crippen molar-refractivity contribution in [1.29, 1.82) is 0 Å². The zero-order valence-corrected chi connectivity index (χ0v) is 7.80. The van der Waals surface area contributed by atoms with Crippen molar-refractivity contribution in [2.45, 2.75) is 12.5 Å². The number of ether oxygens (including phenoxy) is 1. The van der Waals surface area contributed by atoms with E-state index in [9.17, 15) is 4.79 Å². The molecule has 0 heterocycles. The molecule has 76 valence electrons. The average molecular weight is 196 g/mol. The van der Waals surface area contributed by atoms with Gasteiger partial charge in [-0.05, 0) is 17.7 Å². The van der Waals surface area contributed by atoms with Crippen LogP contribution in [-0.4, -0.2) is 29.4 Å². The second-order valence-corrected chi connectivity index (χ2v) is 2.94. The van der Waals surface area contributed by atoms with Crippen molar-refractivity contribution in [3.8, 4) is 5.75 Å². The Bertz CT molecular complexity index is 322. The van der Waals surface area contributed by atoms with E-state index in [1.807, 2.05) is 0 Å². The first-order valence-electron chi connectivity index (χ1n) is 4.17. The van der Waals surface area contributed by atoms with E-state index < -0.39 is 12.1 Å². The molecule has 0 bridgehead atoms. The number of carboxylic acids is 1. The third-order valence-corrected chi connectivity index (χ3v) is 1.89. The zero-order valence-electron chi connectivity index (χ0n) is 7.80. The molecule has 0 spiro atoms. The van der Waals surface area contributed by atoms with Crippen LogP contribution in [-0.2, 0) is 16.0 Å². The van der Waals surface area contributed by atoms with Crippen LogP contribution in [0.15, 0.2) is 24.3 Å². The summed E-state index contributed by atoms with van der Waals surface area (Å²) < 4.78 is 4.77. The maximum absolute atomic E-state index is 10.6. The Hall–Kier alpha value is -1.55. The number of phenols is 1. The summed E-state index contributed by atoms with van der Waals surface area (Å²) in [5, 5.41) is 17.9. The Morgan fingerprint density at radius 3 is 2.79 bits per heavy atom. The van der Waals surface area contributed by atoms with Crippen LogP contribution in [0.1, 0.15) is 5.56 Å². The van der Waals surface area contributed by atoms with Crippen molar-refractivity contribution in [2.75, 3.05) is 7.11 Å². The molecule has 4 heteroatoms. The van der Waals surface area contributed by atoms with E-state index in [2.05, 4.69) is 0 Å². The lowest BCUT2D eigenvalue weighted by Crippen LogP contribution is -2.24. The van der Waals surface area contributed by atoms with E-state index in [1.165, 1.54) is 19.2 Å². The van der Waals surface area contributed by atoms with Gasteiger partial charge in [0.2, 0.25) is 0 Å². The van der Waals surface area contributed by atoms with Crippen molar-refractivity contribution in [1.82, 2.24) is 0 Å². The first-order chi connectivity index (χ1) is 6.63. The molecule has 14 heavy (non-hydrogen) atoms. The number of rotatable bonds is 4. The largest absolute Gasteiger partial charge is 0.508 e. The monoisotopic (exact) mass is 196 g/mol. The molecule has 0 fully saturated rings. The van der Waals surface area contributed by atoms with E-state index in [-0.39, 0.29) is 12.2 Å². The lowest BCUT2D eigenvalue weighted by atomic mass is 10.1. The maximum Gasteiger partial charge on any atom is 0.333 e. The minimum atomic E-state index is -1.00. The third-order valence-electron chi connectivity index (χ3n) is 1.89. The minimum Gasteiger partial charge on any atom is -0.508 e. The minimum absolute atomic E-state index is 0.128. The zero-order chi connectivity index (χ0) is 10.6. The quantitative estimate of drug-likeness (QED) is 0.754. The van der Waals surface area contributed by atoms with Gasteiger partial charge in [0.05, 0.1) is 0 Å². The van der Waals surface area contributed by atoms with Crippen molar-refractivity contribution >= 4 is 5.97 Å². The molecule has 2 N–H and O–H groups in total. The molecular weight excluding hydrogens is 184 g/mol. The van der Waals surface area contributed by atoms with Gasteiger partial charge in [0, 0.05) is 13.5 Å². The number of phenolic OH excluding ortho intramolecular Hbond substituents is 1. The molecule has 0 aliphatic heterocycles. The molecule has 0 aliphatic rings. The van der Waals surface area contributed by atoms with Gasteiger partial charge in [0.1, 0.15) is 5.75 Å². The summed E-state index contributed by atoms with van der Waals surface area (Å²) in [6.45, 7) is 0. The van der Waals surface area contributed by atoms with Gasteiger partial charge in [-0.3, -0.25) is 0 Å². The van der Waals surface area contributed by atoms with Crippen molar-refractivity contribution in [2.24, 2.45) is 0 Å². The Kier molecular flexibility index (Phi) is 3.48.